The molecule has 1 heterocycles. The van der Waals surface area contributed by atoms with E-state index in [1.807, 2.05) is 4.57 Å². The molecule has 0 atom stereocenters. The second-order valence-electron chi connectivity index (χ2n) is 2.40. The summed E-state index contributed by atoms with van der Waals surface area (Å²) in [7, 11) is 0. The third kappa shape index (κ3) is 3.43. The van der Waals surface area contributed by atoms with E-state index in [2.05, 4.69) is 10.3 Å². The fourth-order valence-electron chi connectivity index (χ4n) is 0.838. The molecule has 0 aliphatic carbocycles. The van der Waals surface area contributed by atoms with Crippen LogP contribution in [0.5, 0.6) is 0 Å². The highest BCUT2D eigenvalue weighted by Crippen LogP contribution is 1.88. The van der Waals surface area contributed by atoms with Gasteiger partial charge in [0.15, 0.2) is 0 Å². The Morgan fingerprint density at radius 2 is 2.33 bits per heavy atom. The third-order valence-corrected chi connectivity index (χ3v) is 1.40. The molecule has 0 aliphatic rings. The molecule has 0 amide bonds. The number of hydrogen-bond donors (Lipinski definition) is 1. The van der Waals surface area contributed by atoms with E-state index in [9.17, 15) is 8.78 Å². The van der Waals surface area contributed by atoms with Crippen LogP contribution in [-0.2, 0) is 6.54 Å². The van der Waals surface area contributed by atoms with E-state index >= 15 is 0 Å². The summed E-state index contributed by atoms with van der Waals surface area (Å²) < 4.78 is 25.1. The van der Waals surface area contributed by atoms with E-state index in [1.54, 1.807) is 18.7 Å². The Kier molecular flexibility index (Phi) is 3.66. The minimum atomic E-state index is -2.27. The van der Waals surface area contributed by atoms with Crippen molar-refractivity contribution in [1.82, 2.24) is 14.9 Å². The standard InChI is InChI=1S/C7H11F2N3/c8-7(9)5-10-1-3-12-4-2-11-6-12/h2,4,6-7,10H,1,3,5H2. The summed E-state index contributed by atoms with van der Waals surface area (Å²) in [5.41, 5.74) is 0. The highest BCUT2D eigenvalue weighted by molar-refractivity contribution is 4.74. The molecule has 0 aliphatic heterocycles. The number of halogens is 2. The first-order valence-electron chi connectivity index (χ1n) is 3.73. The summed E-state index contributed by atoms with van der Waals surface area (Å²) >= 11 is 0. The van der Waals surface area contributed by atoms with Crippen LogP contribution in [-0.4, -0.2) is 29.1 Å². The number of nitrogens with zero attached hydrogens (tertiary/aromatic N) is 2. The molecule has 0 radical (unpaired) electrons. The molecule has 0 aromatic carbocycles. The van der Waals surface area contributed by atoms with E-state index in [4.69, 9.17) is 0 Å². The zero-order chi connectivity index (χ0) is 8.81. The zero-order valence-electron chi connectivity index (χ0n) is 6.58. The average molecular weight is 175 g/mol. The van der Waals surface area contributed by atoms with Crippen molar-refractivity contribution in [3.05, 3.63) is 18.7 Å². The fraction of sp³-hybridized carbons (Fsp3) is 0.571. The molecule has 3 nitrogen and oxygen atoms in total. The van der Waals surface area contributed by atoms with E-state index < -0.39 is 6.43 Å². The maximum absolute atomic E-state index is 11.6. The maximum Gasteiger partial charge on any atom is 0.250 e. The van der Waals surface area contributed by atoms with Gasteiger partial charge in [0.1, 0.15) is 0 Å². The maximum atomic E-state index is 11.6. The van der Waals surface area contributed by atoms with Crippen molar-refractivity contribution in [3.8, 4) is 0 Å². The SMILES string of the molecule is FC(F)CNCCn1ccnc1. The Morgan fingerprint density at radius 3 is 2.92 bits per heavy atom. The topological polar surface area (TPSA) is 29.9 Å². The zero-order valence-corrected chi connectivity index (χ0v) is 6.58. The Bertz CT molecular complexity index is 198. The van der Waals surface area contributed by atoms with Crippen LogP contribution in [0.1, 0.15) is 0 Å². The largest absolute Gasteiger partial charge is 0.336 e. The van der Waals surface area contributed by atoms with Crippen LogP contribution in [0.25, 0.3) is 0 Å². The van der Waals surface area contributed by atoms with Crippen molar-refractivity contribution in [3.63, 3.8) is 0 Å². The van der Waals surface area contributed by atoms with Crippen LogP contribution in [0.15, 0.2) is 18.7 Å². The number of alkyl halides is 2. The first-order chi connectivity index (χ1) is 5.79. The van der Waals surface area contributed by atoms with Gasteiger partial charge in [0.25, 0.3) is 6.43 Å². The summed E-state index contributed by atoms with van der Waals surface area (Å²) in [4.78, 5) is 3.82. The van der Waals surface area contributed by atoms with Crippen LogP contribution in [0.3, 0.4) is 0 Å². The van der Waals surface area contributed by atoms with Crippen molar-refractivity contribution < 1.29 is 8.78 Å². The van der Waals surface area contributed by atoms with Gasteiger partial charge >= 0.3 is 0 Å². The molecule has 1 rings (SSSR count). The lowest BCUT2D eigenvalue weighted by Gasteiger charge is -2.03. The number of hydrogen-bond acceptors (Lipinski definition) is 2. The Labute approximate surface area is 69.4 Å². The van der Waals surface area contributed by atoms with Gasteiger partial charge in [0.05, 0.1) is 12.9 Å². The Balaban J connectivity index is 2.04. The van der Waals surface area contributed by atoms with Gasteiger partial charge in [-0.3, -0.25) is 0 Å². The first kappa shape index (κ1) is 9.12. The van der Waals surface area contributed by atoms with Gasteiger partial charge in [-0.2, -0.15) is 0 Å². The quantitative estimate of drug-likeness (QED) is 0.669. The monoisotopic (exact) mass is 175 g/mol. The second kappa shape index (κ2) is 4.82. The lowest BCUT2D eigenvalue weighted by atomic mass is 10.5. The lowest BCUT2D eigenvalue weighted by Crippen LogP contribution is -2.24. The molecule has 12 heavy (non-hydrogen) atoms. The van der Waals surface area contributed by atoms with Crippen LogP contribution >= 0.6 is 0 Å². The van der Waals surface area contributed by atoms with Gasteiger partial charge in [-0.1, -0.05) is 0 Å². The van der Waals surface area contributed by atoms with Gasteiger partial charge in [-0.25, -0.2) is 13.8 Å². The molecule has 0 saturated heterocycles. The molecule has 0 spiro atoms. The smallest absolute Gasteiger partial charge is 0.250 e. The van der Waals surface area contributed by atoms with Crippen LogP contribution in [0, 0.1) is 0 Å². The summed E-state index contributed by atoms with van der Waals surface area (Å²) in [6, 6.07) is 0. The molecule has 68 valence electrons. The van der Waals surface area contributed by atoms with Gasteiger partial charge in [-0.15, -0.1) is 0 Å². The minimum Gasteiger partial charge on any atom is -0.336 e. The average Bonchev–Trinajstić information content (AvgIpc) is 2.49. The number of nitrogens with one attached hydrogen (secondary N) is 1. The molecule has 0 bridgehead atoms. The molecule has 0 fully saturated rings. The molecule has 1 N–H and O–H groups in total. The molecule has 1 aromatic heterocycles. The van der Waals surface area contributed by atoms with E-state index in [-0.39, 0.29) is 6.54 Å². The predicted octanol–water partition coefficient (Wildman–Crippen LogP) is 0.738. The molecule has 0 saturated carbocycles. The minimum absolute atomic E-state index is 0.241. The van der Waals surface area contributed by atoms with Crippen molar-refractivity contribution in [2.24, 2.45) is 0 Å². The third-order valence-electron chi connectivity index (χ3n) is 1.40. The normalized spacial score (nSPS) is 10.9. The Hall–Kier alpha value is -0.970. The summed E-state index contributed by atoms with van der Waals surface area (Å²) in [5.74, 6) is 0. The van der Waals surface area contributed by atoms with Crippen LogP contribution in [0.2, 0.25) is 0 Å². The molecule has 0 unspecified atom stereocenters. The highest BCUT2D eigenvalue weighted by Gasteiger charge is 1.99. The Morgan fingerprint density at radius 1 is 1.50 bits per heavy atom. The molecular weight excluding hydrogens is 164 g/mol. The fourth-order valence-corrected chi connectivity index (χ4v) is 0.838. The molecular formula is C7H11F2N3. The van der Waals surface area contributed by atoms with Crippen molar-refractivity contribution >= 4 is 0 Å². The van der Waals surface area contributed by atoms with Crippen molar-refractivity contribution in [1.29, 1.82) is 0 Å². The molecule has 5 heteroatoms. The van der Waals surface area contributed by atoms with E-state index in [1.165, 1.54) is 0 Å². The van der Waals surface area contributed by atoms with Gasteiger partial charge in [0.2, 0.25) is 0 Å². The van der Waals surface area contributed by atoms with Crippen LogP contribution < -0.4 is 5.32 Å². The van der Waals surface area contributed by atoms with Crippen LogP contribution in [0.4, 0.5) is 8.78 Å². The predicted molar refractivity (Wildman–Crippen MR) is 41.1 cm³/mol. The van der Waals surface area contributed by atoms with Crippen molar-refractivity contribution in [2.75, 3.05) is 13.1 Å². The van der Waals surface area contributed by atoms with Crippen molar-refractivity contribution in [2.45, 2.75) is 13.0 Å². The summed E-state index contributed by atoms with van der Waals surface area (Å²) in [6.45, 7) is 0.974. The summed E-state index contributed by atoms with van der Waals surface area (Å²) in [5, 5.41) is 2.62. The number of imidazole rings is 1. The van der Waals surface area contributed by atoms with Gasteiger partial charge in [-0.05, 0) is 0 Å². The first-order valence-corrected chi connectivity index (χ1v) is 3.73. The second-order valence-corrected chi connectivity index (χ2v) is 2.40. The van der Waals surface area contributed by atoms with Gasteiger partial charge in [0, 0.05) is 25.5 Å². The summed E-state index contributed by atoms with van der Waals surface area (Å²) in [6.07, 6.45) is 2.84. The lowest BCUT2D eigenvalue weighted by molar-refractivity contribution is 0.146. The number of aromatic nitrogens is 2. The number of rotatable bonds is 5. The van der Waals surface area contributed by atoms with Gasteiger partial charge < -0.3 is 9.88 Å². The van der Waals surface area contributed by atoms with E-state index in [0.29, 0.717) is 13.1 Å². The highest BCUT2D eigenvalue weighted by atomic mass is 19.3. The van der Waals surface area contributed by atoms with E-state index in [0.717, 1.165) is 0 Å². The molecule has 1 aromatic rings.